The van der Waals surface area contributed by atoms with Gasteiger partial charge in [-0.3, -0.25) is 19.6 Å². The number of benzene rings is 3. The average molecular weight is 636 g/mol. The van der Waals surface area contributed by atoms with Crippen molar-refractivity contribution in [3.63, 3.8) is 0 Å². The van der Waals surface area contributed by atoms with Gasteiger partial charge in [0.2, 0.25) is 4.80 Å². The molecule has 2 aromatic heterocycles. The van der Waals surface area contributed by atoms with Crippen LogP contribution in [0.25, 0.3) is 16.9 Å². The molecule has 0 bridgehead atoms. The molecule has 0 radical (unpaired) electrons. The number of halogens is 1. The molecule has 0 unspecified atom stereocenters. The maximum absolute atomic E-state index is 13.5. The lowest BCUT2D eigenvalue weighted by Crippen LogP contribution is -2.19. The van der Waals surface area contributed by atoms with Crippen molar-refractivity contribution in [2.45, 2.75) is 6.92 Å². The molecule has 9 nitrogen and oxygen atoms in total. The van der Waals surface area contributed by atoms with E-state index >= 15 is 0 Å². The van der Waals surface area contributed by atoms with Gasteiger partial charge in [0, 0.05) is 39.3 Å². The first-order valence-corrected chi connectivity index (χ1v) is 13.4. The minimum atomic E-state index is -0.430. The molecule has 0 amide bonds. The smallest absolute Gasteiger partial charge is 0.283 e. The zero-order valence-electron chi connectivity index (χ0n) is 20.4. The van der Waals surface area contributed by atoms with E-state index in [0.717, 1.165) is 14.8 Å². The Morgan fingerprint density at radius 3 is 2.50 bits per heavy atom. The second kappa shape index (κ2) is 10.7. The Morgan fingerprint density at radius 2 is 1.76 bits per heavy atom. The highest BCUT2D eigenvalue weighted by atomic mass is 127. The van der Waals surface area contributed by atoms with Crippen molar-refractivity contribution in [3.8, 4) is 16.9 Å². The first kappa shape index (κ1) is 25.5. The molecule has 11 heteroatoms. The Morgan fingerprint density at radius 1 is 1.03 bits per heavy atom. The molecule has 0 aliphatic rings. The summed E-state index contributed by atoms with van der Waals surface area (Å²) in [5.41, 5.74) is 3.58. The van der Waals surface area contributed by atoms with Gasteiger partial charge in [0.05, 0.1) is 28.2 Å². The van der Waals surface area contributed by atoms with Gasteiger partial charge in [-0.05, 0) is 47.7 Å². The van der Waals surface area contributed by atoms with Gasteiger partial charge in [-0.1, -0.05) is 48.5 Å². The molecule has 0 saturated heterocycles. The zero-order chi connectivity index (χ0) is 26.8. The maximum atomic E-state index is 13.5. The summed E-state index contributed by atoms with van der Waals surface area (Å²) >= 11 is 3.54. The van der Waals surface area contributed by atoms with E-state index in [1.165, 1.54) is 23.5 Å². The lowest BCUT2D eigenvalue weighted by atomic mass is 10.1. The van der Waals surface area contributed by atoms with Crippen LogP contribution in [0.5, 0.6) is 0 Å². The molecule has 190 valence electrons. The van der Waals surface area contributed by atoms with Gasteiger partial charge < -0.3 is 0 Å². The molecule has 2 heterocycles. The molecule has 5 aromatic rings. The summed E-state index contributed by atoms with van der Waals surface area (Å²) < 4.78 is 5.98. The van der Waals surface area contributed by atoms with Gasteiger partial charge in [-0.15, -0.1) is 11.3 Å². The number of aromatic nitrogens is 3. The van der Waals surface area contributed by atoms with Crippen LogP contribution in [-0.2, 0) is 7.05 Å². The molecule has 38 heavy (non-hydrogen) atoms. The molecule has 0 fully saturated rings. The van der Waals surface area contributed by atoms with Crippen LogP contribution in [-0.4, -0.2) is 25.2 Å². The minimum Gasteiger partial charge on any atom is -0.283 e. The lowest BCUT2D eigenvalue weighted by molar-refractivity contribution is -0.384. The Kier molecular flexibility index (Phi) is 7.20. The quantitative estimate of drug-likeness (QED) is 0.104. The van der Waals surface area contributed by atoms with Crippen molar-refractivity contribution in [1.82, 2.24) is 14.0 Å². The molecule has 5 rings (SSSR count). The van der Waals surface area contributed by atoms with Crippen LogP contribution in [0.1, 0.15) is 11.3 Å². The summed E-state index contributed by atoms with van der Waals surface area (Å²) in [6.07, 6.45) is 1.72. The zero-order valence-corrected chi connectivity index (χ0v) is 23.3. The fourth-order valence-electron chi connectivity index (χ4n) is 3.94. The second-order valence-corrected chi connectivity index (χ2v) is 10.3. The van der Waals surface area contributed by atoms with Gasteiger partial charge in [0.1, 0.15) is 0 Å². The third kappa shape index (κ3) is 4.89. The van der Waals surface area contributed by atoms with E-state index < -0.39 is 4.92 Å². The third-order valence-electron chi connectivity index (χ3n) is 5.99. The van der Waals surface area contributed by atoms with Gasteiger partial charge in [-0.2, -0.15) is 5.10 Å². The molecule has 0 saturated carbocycles. The number of nitro benzene ring substituents is 1. The van der Waals surface area contributed by atoms with Crippen molar-refractivity contribution in [1.29, 1.82) is 0 Å². The second-order valence-electron chi connectivity index (χ2n) is 8.31. The normalized spacial score (nSPS) is 11.9. The topological polar surface area (TPSA) is 99.7 Å². The predicted octanol–water partition coefficient (Wildman–Crippen LogP) is 5.64. The van der Waals surface area contributed by atoms with E-state index in [1.807, 2.05) is 73.9 Å². The van der Waals surface area contributed by atoms with E-state index in [1.54, 1.807) is 32.4 Å². The van der Waals surface area contributed by atoms with E-state index in [0.29, 0.717) is 27.4 Å². The van der Waals surface area contributed by atoms with Crippen LogP contribution in [0.15, 0.2) is 99.1 Å². The largest absolute Gasteiger partial charge is 0.297 e. The third-order valence-corrected chi connectivity index (χ3v) is 7.79. The van der Waals surface area contributed by atoms with E-state index in [9.17, 15) is 14.9 Å². The van der Waals surface area contributed by atoms with E-state index in [2.05, 4.69) is 22.6 Å². The molecular formula is C27H21IN6O3S. The highest BCUT2D eigenvalue weighted by molar-refractivity contribution is 14.1. The maximum Gasteiger partial charge on any atom is 0.297 e. The van der Waals surface area contributed by atoms with Crippen LogP contribution in [0.4, 0.5) is 11.4 Å². The Bertz CT molecular complexity index is 1810. The number of hydrogen-bond donors (Lipinski definition) is 0. The average Bonchev–Trinajstić information content (AvgIpc) is 3.42. The predicted molar refractivity (Wildman–Crippen MR) is 158 cm³/mol. The van der Waals surface area contributed by atoms with Gasteiger partial charge in [-0.25, -0.2) is 14.4 Å². The van der Waals surface area contributed by atoms with Crippen LogP contribution < -0.4 is 10.4 Å². The number of para-hydroxylation sites is 1. The first-order valence-electron chi connectivity index (χ1n) is 11.5. The molecular weight excluding hydrogens is 615 g/mol. The standard InChI is InChI=1S/C27H21IN6O3S/c1-18-25(26(35)33(31(18)2)21-11-4-3-5-12-21)30-27-32(29-16-20-9-6-7-14-23(20)28)24(17-38-27)19-10-8-13-22(15-19)34(36)37/h3-17H,1-2H3. The summed E-state index contributed by atoms with van der Waals surface area (Å²) in [6.45, 7) is 1.84. The van der Waals surface area contributed by atoms with Crippen molar-refractivity contribution in [3.05, 3.63) is 124 Å². The summed E-state index contributed by atoms with van der Waals surface area (Å²) in [5.74, 6) is 0. The Labute approximate surface area is 234 Å². The molecule has 0 N–H and O–H groups in total. The van der Waals surface area contributed by atoms with Crippen LogP contribution in [0.3, 0.4) is 0 Å². The van der Waals surface area contributed by atoms with Gasteiger partial charge >= 0.3 is 0 Å². The number of nitrogens with zero attached hydrogens (tertiary/aromatic N) is 6. The summed E-state index contributed by atoms with van der Waals surface area (Å²) in [7, 11) is 1.81. The number of hydrogen-bond acceptors (Lipinski definition) is 6. The Balaban J connectivity index is 1.72. The van der Waals surface area contributed by atoms with Crippen LogP contribution in [0.2, 0.25) is 0 Å². The van der Waals surface area contributed by atoms with Crippen molar-refractivity contribution in [2.75, 3.05) is 0 Å². The number of rotatable bonds is 6. The van der Waals surface area contributed by atoms with Crippen molar-refractivity contribution in [2.24, 2.45) is 17.1 Å². The van der Waals surface area contributed by atoms with Gasteiger partial charge in [0.25, 0.3) is 11.2 Å². The lowest BCUT2D eigenvalue weighted by Gasteiger charge is -2.07. The van der Waals surface area contributed by atoms with E-state index in [4.69, 9.17) is 10.1 Å². The van der Waals surface area contributed by atoms with Crippen molar-refractivity contribution >= 4 is 51.5 Å². The number of thiazole rings is 1. The molecule has 3 aromatic carbocycles. The monoisotopic (exact) mass is 636 g/mol. The molecule has 0 spiro atoms. The van der Waals surface area contributed by atoms with Crippen LogP contribution >= 0.6 is 33.9 Å². The molecule has 0 aliphatic carbocycles. The summed E-state index contributed by atoms with van der Waals surface area (Å²) in [4.78, 5) is 29.7. The highest BCUT2D eigenvalue weighted by Crippen LogP contribution is 2.25. The highest BCUT2D eigenvalue weighted by Gasteiger charge is 2.17. The number of non-ortho nitro benzene ring substituents is 1. The van der Waals surface area contributed by atoms with Gasteiger partial charge in [0.15, 0.2) is 5.69 Å². The fourth-order valence-corrected chi connectivity index (χ4v) is 5.31. The van der Waals surface area contributed by atoms with Crippen molar-refractivity contribution < 1.29 is 4.92 Å². The summed E-state index contributed by atoms with van der Waals surface area (Å²) in [6, 6.07) is 23.5. The minimum absolute atomic E-state index is 0.0232. The van der Waals surface area contributed by atoms with Crippen LogP contribution in [0, 0.1) is 20.6 Å². The SMILES string of the molecule is Cc1c(N=c2scc(-c3cccc([N+](=O)[O-])c3)n2N=Cc2ccccc2I)c(=O)n(-c2ccccc2)n1C. The molecule has 0 aliphatic heterocycles. The van der Waals surface area contributed by atoms with E-state index in [-0.39, 0.29) is 11.2 Å². The Hall–Kier alpha value is -4.10. The first-order chi connectivity index (χ1) is 18.3. The molecule has 0 atom stereocenters. The fraction of sp³-hybridized carbons (Fsp3) is 0.0741. The number of nitro groups is 1. The summed E-state index contributed by atoms with van der Waals surface area (Å²) in [5, 5.41) is 17.9.